The highest BCUT2D eigenvalue weighted by atomic mass is 16.2. The van der Waals surface area contributed by atoms with Gasteiger partial charge in [-0.05, 0) is 31.4 Å². The Balaban J connectivity index is 2.70. The zero-order valence-electron chi connectivity index (χ0n) is 9.53. The lowest BCUT2D eigenvalue weighted by molar-refractivity contribution is 0.289. The number of aliphatic imine (C=N–C) groups is 1. The Kier molecular flexibility index (Phi) is 4.07. The molecule has 15 heavy (non-hydrogen) atoms. The molecule has 0 amide bonds. The smallest absolute Gasteiger partial charge is 0.0831 e. The molecule has 0 aromatic carbocycles. The molecule has 0 aromatic rings. The highest BCUT2D eigenvalue weighted by Gasteiger charge is 2.29. The van der Waals surface area contributed by atoms with Crippen molar-refractivity contribution in [3.05, 3.63) is 30.0 Å². The molecule has 1 aliphatic rings. The largest absolute Gasteiger partial charge is 0.396 e. The first kappa shape index (κ1) is 12.0. The highest BCUT2D eigenvalue weighted by molar-refractivity contribution is 5.82. The number of hydrogen-bond acceptors (Lipinski definition) is 2. The van der Waals surface area contributed by atoms with Crippen LogP contribution in [0.3, 0.4) is 0 Å². The van der Waals surface area contributed by atoms with E-state index in [0.29, 0.717) is 5.92 Å². The van der Waals surface area contributed by atoms with Crippen LogP contribution < -0.4 is 0 Å². The van der Waals surface area contributed by atoms with Crippen LogP contribution in [0.1, 0.15) is 26.7 Å². The van der Waals surface area contributed by atoms with Crippen molar-refractivity contribution in [2.45, 2.75) is 32.2 Å². The molecular weight excluding hydrogens is 186 g/mol. The minimum absolute atomic E-state index is 0.157. The Labute approximate surface area is 91.7 Å². The Hall–Kier alpha value is -1.11. The van der Waals surface area contributed by atoms with E-state index in [9.17, 15) is 0 Å². The van der Waals surface area contributed by atoms with Crippen LogP contribution in [0.2, 0.25) is 0 Å². The van der Waals surface area contributed by atoms with Crippen molar-refractivity contribution in [3.8, 4) is 0 Å². The summed E-state index contributed by atoms with van der Waals surface area (Å²) >= 11 is 0. The topological polar surface area (TPSA) is 32.6 Å². The van der Waals surface area contributed by atoms with Crippen molar-refractivity contribution in [1.29, 1.82) is 0 Å². The molecule has 0 saturated carbocycles. The predicted molar refractivity (Wildman–Crippen MR) is 64.2 cm³/mol. The van der Waals surface area contributed by atoms with E-state index in [1.807, 2.05) is 12.3 Å². The summed E-state index contributed by atoms with van der Waals surface area (Å²) in [5.74, 6) is 0.304. The highest BCUT2D eigenvalue weighted by Crippen LogP contribution is 2.30. The van der Waals surface area contributed by atoms with Crippen molar-refractivity contribution in [3.63, 3.8) is 0 Å². The average Bonchev–Trinajstić information content (AvgIpc) is 2.59. The second-order valence-corrected chi connectivity index (χ2v) is 4.19. The lowest BCUT2D eigenvalue weighted by Gasteiger charge is -2.23. The van der Waals surface area contributed by atoms with Crippen LogP contribution in [0.4, 0.5) is 0 Å². The number of aliphatic hydroxyl groups is 1. The summed E-state index contributed by atoms with van der Waals surface area (Å²) in [7, 11) is 0. The van der Waals surface area contributed by atoms with E-state index in [1.165, 1.54) is 5.57 Å². The summed E-state index contributed by atoms with van der Waals surface area (Å²) in [6.45, 7) is 8.04. The molecule has 0 saturated heterocycles. The van der Waals surface area contributed by atoms with Crippen LogP contribution in [0.5, 0.6) is 0 Å². The minimum atomic E-state index is -0.157. The van der Waals surface area contributed by atoms with Crippen molar-refractivity contribution in [2.75, 3.05) is 6.61 Å². The summed E-state index contributed by atoms with van der Waals surface area (Å²) in [5.41, 5.74) is 3.87. The maximum Gasteiger partial charge on any atom is 0.0831 e. The van der Waals surface area contributed by atoms with E-state index in [-0.39, 0.29) is 12.1 Å². The number of allylic oxidation sites excluding steroid dienone is 1. The second kappa shape index (κ2) is 5.11. The van der Waals surface area contributed by atoms with E-state index < -0.39 is 0 Å². The van der Waals surface area contributed by atoms with Gasteiger partial charge in [0.05, 0.1) is 5.54 Å². The fraction of sp³-hybridized carbons (Fsp3) is 0.538. The van der Waals surface area contributed by atoms with Crippen LogP contribution >= 0.6 is 0 Å². The zero-order valence-corrected chi connectivity index (χ0v) is 9.53. The standard InChI is InChI=1S/C13H19NO/c1-4-6-11(2)13(3)9-12(10-14-13)7-5-8-15/h6,9-11,15H,1,5,7-8H2,2-3H3. The molecule has 2 unspecified atom stereocenters. The van der Waals surface area contributed by atoms with Gasteiger partial charge in [0.2, 0.25) is 0 Å². The van der Waals surface area contributed by atoms with Gasteiger partial charge in [-0.15, -0.1) is 5.73 Å². The summed E-state index contributed by atoms with van der Waals surface area (Å²) < 4.78 is 0. The second-order valence-electron chi connectivity index (χ2n) is 4.19. The first-order valence-electron chi connectivity index (χ1n) is 5.36. The lowest BCUT2D eigenvalue weighted by atomic mass is 9.87. The molecule has 0 spiro atoms. The Morgan fingerprint density at radius 2 is 2.47 bits per heavy atom. The zero-order chi connectivity index (χ0) is 11.3. The van der Waals surface area contributed by atoms with Gasteiger partial charge < -0.3 is 5.11 Å². The van der Waals surface area contributed by atoms with E-state index in [0.717, 1.165) is 12.8 Å². The predicted octanol–water partition coefficient (Wildman–Crippen LogP) is 2.51. The molecule has 2 nitrogen and oxygen atoms in total. The SMILES string of the molecule is C=C=CC(C)C1(C)C=C(CCCO)C=N1. The lowest BCUT2D eigenvalue weighted by Crippen LogP contribution is -2.24. The molecule has 1 aliphatic heterocycles. The third-order valence-corrected chi connectivity index (χ3v) is 2.90. The van der Waals surface area contributed by atoms with Gasteiger partial charge in [-0.3, -0.25) is 4.99 Å². The number of nitrogens with zero attached hydrogens (tertiary/aromatic N) is 1. The van der Waals surface area contributed by atoms with Gasteiger partial charge in [0.25, 0.3) is 0 Å². The molecular formula is C13H19NO. The molecule has 2 heteroatoms. The quantitative estimate of drug-likeness (QED) is 0.687. The van der Waals surface area contributed by atoms with Crippen molar-refractivity contribution in [2.24, 2.45) is 10.9 Å². The van der Waals surface area contributed by atoms with Crippen molar-refractivity contribution in [1.82, 2.24) is 0 Å². The normalized spacial score (nSPS) is 25.9. The molecule has 0 aliphatic carbocycles. The van der Waals surface area contributed by atoms with Crippen LogP contribution in [0, 0.1) is 5.92 Å². The molecule has 0 radical (unpaired) electrons. The first-order chi connectivity index (χ1) is 7.12. The van der Waals surface area contributed by atoms with E-state index in [1.54, 1.807) is 0 Å². The fourth-order valence-electron chi connectivity index (χ4n) is 1.69. The van der Waals surface area contributed by atoms with Crippen LogP contribution in [0.15, 0.2) is 35.0 Å². The molecule has 0 bridgehead atoms. The van der Waals surface area contributed by atoms with Crippen LogP contribution in [-0.2, 0) is 0 Å². The third-order valence-electron chi connectivity index (χ3n) is 2.90. The van der Waals surface area contributed by atoms with Gasteiger partial charge in [-0.1, -0.05) is 19.6 Å². The first-order valence-corrected chi connectivity index (χ1v) is 5.36. The Bertz CT molecular complexity index is 323. The number of aliphatic hydroxyl groups excluding tert-OH is 1. The maximum absolute atomic E-state index is 8.75. The van der Waals surface area contributed by atoms with Gasteiger partial charge in [-0.25, -0.2) is 0 Å². The molecule has 82 valence electrons. The molecule has 0 aromatic heterocycles. The van der Waals surface area contributed by atoms with Gasteiger partial charge in [0.1, 0.15) is 0 Å². The Morgan fingerprint density at radius 1 is 1.73 bits per heavy atom. The number of rotatable bonds is 5. The summed E-state index contributed by atoms with van der Waals surface area (Å²) in [6.07, 6.45) is 7.76. The summed E-state index contributed by atoms with van der Waals surface area (Å²) in [6, 6.07) is 0. The van der Waals surface area contributed by atoms with Gasteiger partial charge in [0.15, 0.2) is 0 Å². The maximum atomic E-state index is 8.75. The van der Waals surface area contributed by atoms with Crippen LogP contribution in [-0.4, -0.2) is 23.5 Å². The fourth-order valence-corrected chi connectivity index (χ4v) is 1.69. The molecule has 0 fully saturated rings. The average molecular weight is 205 g/mol. The van der Waals surface area contributed by atoms with E-state index >= 15 is 0 Å². The van der Waals surface area contributed by atoms with E-state index in [2.05, 4.69) is 37.2 Å². The number of hydrogen-bond donors (Lipinski definition) is 1. The molecule has 1 heterocycles. The summed E-state index contributed by atoms with van der Waals surface area (Å²) in [5, 5.41) is 8.75. The van der Waals surface area contributed by atoms with Crippen molar-refractivity contribution < 1.29 is 5.11 Å². The van der Waals surface area contributed by atoms with Gasteiger partial charge >= 0.3 is 0 Å². The summed E-state index contributed by atoms with van der Waals surface area (Å²) in [4.78, 5) is 4.52. The van der Waals surface area contributed by atoms with E-state index in [4.69, 9.17) is 5.11 Å². The van der Waals surface area contributed by atoms with Gasteiger partial charge in [0, 0.05) is 18.7 Å². The Morgan fingerprint density at radius 3 is 3.07 bits per heavy atom. The van der Waals surface area contributed by atoms with Gasteiger partial charge in [-0.2, -0.15) is 0 Å². The van der Waals surface area contributed by atoms with Crippen LogP contribution in [0.25, 0.3) is 0 Å². The molecule has 1 N–H and O–H groups in total. The minimum Gasteiger partial charge on any atom is -0.396 e. The molecule has 1 rings (SSSR count). The van der Waals surface area contributed by atoms with Crippen molar-refractivity contribution >= 4 is 6.21 Å². The third kappa shape index (κ3) is 2.92. The molecule has 2 atom stereocenters. The monoisotopic (exact) mass is 205 g/mol.